The minimum absolute atomic E-state index is 0.0308. The van der Waals surface area contributed by atoms with Crippen LogP contribution in [0.15, 0.2) is 24.3 Å². The number of benzene rings is 1. The topological polar surface area (TPSA) is 40.5 Å². The molecule has 1 aliphatic rings. The standard InChI is InChI=1S/C16H23NO2/c1-16(2,3)13-7-9-17(10-8-13)15(19)12-5-4-6-14(18)11-12/h4-6,11,13,18H,7-10H2,1-3H3. The van der Waals surface area contributed by atoms with Gasteiger partial charge in [0.1, 0.15) is 5.75 Å². The van der Waals surface area contributed by atoms with E-state index in [0.717, 1.165) is 25.9 Å². The van der Waals surface area contributed by atoms with Crippen molar-refractivity contribution in [3.8, 4) is 5.75 Å². The van der Waals surface area contributed by atoms with Gasteiger partial charge in [0.2, 0.25) is 0 Å². The molecule has 104 valence electrons. The third-order valence-corrected chi connectivity index (χ3v) is 4.10. The summed E-state index contributed by atoms with van der Waals surface area (Å²) in [6.45, 7) is 8.44. The summed E-state index contributed by atoms with van der Waals surface area (Å²) in [6, 6.07) is 6.60. The summed E-state index contributed by atoms with van der Waals surface area (Å²) in [4.78, 5) is 14.2. The van der Waals surface area contributed by atoms with Crippen molar-refractivity contribution in [1.29, 1.82) is 0 Å². The number of amides is 1. The molecule has 0 radical (unpaired) electrons. The van der Waals surface area contributed by atoms with Crippen LogP contribution < -0.4 is 0 Å². The molecule has 0 aliphatic carbocycles. The summed E-state index contributed by atoms with van der Waals surface area (Å²) in [7, 11) is 0. The van der Waals surface area contributed by atoms with E-state index in [2.05, 4.69) is 20.8 Å². The van der Waals surface area contributed by atoms with Gasteiger partial charge in [0.05, 0.1) is 0 Å². The van der Waals surface area contributed by atoms with Crippen LogP contribution in [-0.2, 0) is 0 Å². The average molecular weight is 261 g/mol. The van der Waals surface area contributed by atoms with E-state index in [0.29, 0.717) is 16.9 Å². The van der Waals surface area contributed by atoms with Gasteiger partial charge in [-0.3, -0.25) is 4.79 Å². The predicted octanol–water partition coefficient (Wildman–Crippen LogP) is 3.29. The molecule has 1 amide bonds. The molecule has 0 aromatic heterocycles. The highest BCUT2D eigenvalue weighted by Crippen LogP contribution is 2.34. The number of hydrogen-bond acceptors (Lipinski definition) is 2. The maximum atomic E-state index is 12.3. The van der Waals surface area contributed by atoms with Crippen LogP contribution in [0.5, 0.6) is 5.75 Å². The molecule has 1 N–H and O–H groups in total. The number of nitrogens with zero attached hydrogens (tertiary/aromatic N) is 1. The maximum absolute atomic E-state index is 12.3. The molecule has 3 nitrogen and oxygen atoms in total. The first-order valence-corrected chi connectivity index (χ1v) is 6.96. The molecule has 0 spiro atoms. The zero-order chi connectivity index (χ0) is 14.0. The van der Waals surface area contributed by atoms with E-state index in [-0.39, 0.29) is 11.7 Å². The molecule has 0 saturated carbocycles. The molecule has 2 rings (SSSR count). The molecule has 1 aromatic rings. The minimum atomic E-state index is 0.0308. The predicted molar refractivity (Wildman–Crippen MR) is 76.2 cm³/mol. The number of carbonyl (C=O) groups excluding carboxylic acids is 1. The van der Waals surface area contributed by atoms with Crippen molar-refractivity contribution in [3.05, 3.63) is 29.8 Å². The van der Waals surface area contributed by atoms with Crippen molar-refractivity contribution in [2.45, 2.75) is 33.6 Å². The highest BCUT2D eigenvalue weighted by molar-refractivity contribution is 5.94. The van der Waals surface area contributed by atoms with Gasteiger partial charge in [0.25, 0.3) is 5.91 Å². The quantitative estimate of drug-likeness (QED) is 0.842. The lowest BCUT2D eigenvalue weighted by Gasteiger charge is -2.38. The second-order valence-corrected chi connectivity index (χ2v) is 6.48. The fraction of sp³-hybridized carbons (Fsp3) is 0.562. The Kier molecular flexibility index (Phi) is 3.83. The number of phenolic OH excluding ortho intramolecular Hbond substituents is 1. The SMILES string of the molecule is CC(C)(C)C1CCN(C(=O)c2cccc(O)c2)CC1. The molecule has 0 atom stereocenters. The monoisotopic (exact) mass is 261 g/mol. The number of aromatic hydroxyl groups is 1. The van der Waals surface area contributed by atoms with Gasteiger partial charge in [-0.1, -0.05) is 26.8 Å². The van der Waals surface area contributed by atoms with E-state index in [1.54, 1.807) is 18.2 Å². The number of hydrogen-bond donors (Lipinski definition) is 1. The number of carbonyl (C=O) groups is 1. The lowest BCUT2D eigenvalue weighted by Crippen LogP contribution is -2.41. The van der Waals surface area contributed by atoms with Gasteiger partial charge in [-0.05, 0) is 42.4 Å². The Bertz CT molecular complexity index is 454. The Morgan fingerprint density at radius 2 is 1.89 bits per heavy atom. The molecule has 1 heterocycles. The number of piperidine rings is 1. The average Bonchev–Trinajstić information content (AvgIpc) is 2.37. The summed E-state index contributed by atoms with van der Waals surface area (Å²) < 4.78 is 0. The molecule has 0 unspecified atom stereocenters. The highest BCUT2D eigenvalue weighted by atomic mass is 16.3. The van der Waals surface area contributed by atoms with Crippen LogP contribution in [0.3, 0.4) is 0 Å². The van der Waals surface area contributed by atoms with Crippen LogP contribution in [0.2, 0.25) is 0 Å². The van der Waals surface area contributed by atoms with E-state index in [9.17, 15) is 9.90 Å². The number of phenols is 1. The first-order valence-electron chi connectivity index (χ1n) is 6.96. The second-order valence-electron chi connectivity index (χ2n) is 6.48. The Labute approximate surface area is 115 Å². The first-order chi connectivity index (χ1) is 8.88. The van der Waals surface area contributed by atoms with E-state index in [1.165, 1.54) is 6.07 Å². The Morgan fingerprint density at radius 3 is 2.42 bits per heavy atom. The van der Waals surface area contributed by atoms with Crippen molar-refractivity contribution >= 4 is 5.91 Å². The van der Waals surface area contributed by atoms with Crippen LogP contribution in [0, 0.1) is 11.3 Å². The van der Waals surface area contributed by atoms with Crippen LogP contribution in [0.1, 0.15) is 44.0 Å². The third kappa shape index (κ3) is 3.28. The molecule has 19 heavy (non-hydrogen) atoms. The van der Waals surface area contributed by atoms with Gasteiger partial charge >= 0.3 is 0 Å². The highest BCUT2D eigenvalue weighted by Gasteiger charge is 2.30. The van der Waals surface area contributed by atoms with E-state index in [1.807, 2.05) is 4.90 Å². The van der Waals surface area contributed by atoms with Crippen LogP contribution in [0.25, 0.3) is 0 Å². The zero-order valence-corrected chi connectivity index (χ0v) is 12.0. The molecule has 1 saturated heterocycles. The largest absolute Gasteiger partial charge is 0.508 e. The second kappa shape index (κ2) is 5.24. The molecular formula is C16H23NO2. The normalized spacial score (nSPS) is 17.5. The third-order valence-electron chi connectivity index (χ3n) is 4.10. The summed E-state index contributed by atoms with van der Waals surface area (Å²) in [5.74, 6) is 0.861. The van der Waals surface area contributed by atoms with Crippen LogP contribution >= 0.6 is 0 Å². The Morgan fingerprint density at radius 1 is 1.26 bits per heavy atom. The molecule has 1 aromatic carbocycles. The molecule has 0 bridgehead atoms. The fourth-order valence-corrected chi connectivity index (χ4v) is 2.77. The summed E-state index contributed by atoms with van der Waals surface area (Å²) in [6.07, 6.45) is 2.13. The van der Waals surface area contributed by atoms with Gasteiger partial charge in [0.15, 0.2) is 0 Å². The van der Waals surface area contributed by atoms with Crippen molar-refractivity contribution < 1.29 is 9.90 Å². The maximum Gasteiger partial charge on any atom is 0.253 e. The summed E-state index contributed by atoms with van der Waals surface area (Å²) >= 11 is 0. The number of likely N-dealkylation sites (tertiary alicyclic amines) is 1. The summed E-state index contributed by atoms with van der Waals surface area (Å²) in [5, 5.41) is 9.44. The smallest absolute Gasteiger partial charge is 0.253 e. The fourth-order valence-electron chi connectivity index (χ4n) is 2.77. The van der Waals surface area contributed by atoms with Gasteiger partial charge in [-0.2, -0.15) is 0 Å². The molecular weight excluding hydrogens is 238 g/mol. The van der Waals surface area contributed by atoms with Crippen LogP contribution in [-0.4, -0.2) is 29.0 Å². The first kappa shape index (κ1) is 13.9. The van der Waals surface area contributed by atoms with Gasteiger partial charge in [0, 0.05) is 18.7 Å². The number of rotatable bonds is 1. The zero-order valence-electron chi connectivity index (χ0n) is 12.0. The van der Waals surface area contributed by atoms with Gasteiger partial charge in [-0.15, -0.1) is 0 Å². The van der Waals surface area contributed by atoms with Gasteiger partial charge in [-0.25, -0.2) is 0 Å². The van der Waals surface area contributed by atoms with Crippen molar-refractivity contribution in [3.63, 3.8) is 0 Å². The van der Waals surface area contributed by atoms with E-state index < -0.39 is 0 Å². The lowest BCUT2D eigenvalue weighted by molar-refractivity contribution is 0.0608. The van der Waals surface area contributed by atoms with E-state index >= 15 is 0 Å². The lowest BCUT2D eigenvalue weighted by atomic mass is 9.75. The minimum Gasteiger partial charge on any atom is -0.508 e. The summed E-state index contributed by atoms with van der Waals surface area (Å²) in [5.41, 5.74) is 0.898. The van der Waals surface area contributed by atoms with Crippen molar-refractivity contribution in [2.24, 2.45) is 11.3 Å². The van der Waals surface area contributed by atoms with Crippen molar-refractivity contribution in [2.75, 3.05) is 13.1 Å². The molecule has 1 fully saturated rings. The molecule has 3 heteroatoms. The van der Waals surface area contributed by atoms with E-state index in [4.69, 9.17) is 0 Å². The Hall–Kier alpha value is -1.51. The Balaban J connectivity index is 2.00. The van der Waals surface area contributed by atoms with Gasteiger partial charge < -0.3 is 10.0 Å². The molecule has 1 aliphatic heterocycles. The van der Waals surface area contributed by atoms with Crippen LogP contribution in [0.4, 0.5) is 0 Å². The van der Waals surface area contributed by atoms with Crippen molar-refractivity contribution in [1.82, 2.24) is 4.90 Å².